The summed E-state index contributed by atoms with van der Waals surface area (Å²) in [5.74, 6) is -0.00701. The normalized spacial score (nSPS) is 11.6. The molecule has 0 radical (unpaired) electrons. The van der Waals surface area contributed by atoms with E-state index in [2.05, 4.69) is 5.32 Å². The van der Waals surface area contributed by atoms with E-state index in [1.54, 1.807) is 18.2 Å². The predicted octanol–water partition coefficient (Wildman–Crippen LogP) is 4.28. The number of hydrogen-bond donors (Lipinski definition) is 1. The molecule has 0 saturated heterocycles. The summed E-state index contributed by atoms with van der Waals surface area (Å²) in [7, 11) is 1.53. The van der Waals surface area contributed by atoms with Crippen LogP contribution in [0.4, 0.5) is 0 Å². The van der Waals surface area contributed by atoms with Crippen LogP contribution in [0.3, 0.4) is 0 Å². The lowest BCUT2D eigenvalue weighted by Gasteiger charge is -2.17. The minimum Gasteiger partial charge on any atom is -0.493 e. The van der Waals surface area contributed by atoms with E-state index in [0.29, 0.717) is 18.1 Å². The molecule has 0 aliphatic rings. The van der Waals surface area contributed by atoms with Crippen LogP contribution >= 0.6 is 0 Å². The van der Waals surface area contributed by atoms with Crippen LogP contribution in [0, 0.1) is 0 Å². The number of carbonyl (C=O) groups excluding carboxylic acids is 2. The fourth-order valence-electron chi connectivity index (χ4n) is 3.28. The highest BCUT2D eigenvalue weighted by molar-refractivity contribution is 5.92. The first-order valence-corrected chi connectivity index (χ1v) is 9.78. The minimum absolute atomic E-state index is 0.229. The molecule has 0 fully saturated rings. The van der Waals surface area contributed by atoms with Crippen molar-refractivity contribution in [1.29, 1.82) is 0 Å². The van der Waals surface area contributed by atoms with Gasteiger partial charge in [-0.25, -0.2) is 4.79 Å². The lowest BCUT2D eigenvalue weighted by Crippen LogP contribution is -2.31. The number of esters is 1. The van der Waals surface area contributed by atoms with Crippen molar-refractivity contribution in [1.82, 2.24) is 5.32 Å². The smallest absolute Gasteiger partial charge is 0.338 e. The molecular weight excluding hydrogens is 382 g/mol. The van der Waals surface area contributed by atoms with Gasteiger partial charge in [0.25, 0.3) is 5.91 Å². The third kappa shape index (κ3) is 4.89. The van der Waals surface area contributed by atoms with E-state index in [1.165, 1.54) is 7.11 Å². The second kappa shape index (κ2) is 9.78. The summed E-state index contributed by atoms with van der Waals surface area (Å²) in [6, 6.07) is 18.5. The Hall–Kier alpha value is -3.54. The van der Waals surface area contributed by atoms with E-state index in [-0.39, 0.29) is 24.1 Å². The summed E-state index contributed by atoms with van der Waals surface area (Å²) >= 11 is 0. The standard InChI is InChI=1S/C24H25NO5/c1-4-29-22-14-18(12-13-21(22)28-3)24(27)30-15-23(26)25-16(2)19-11-7-9-17-8-5-6-10-20(17)19/h5-14,16H,4,15H2,1-3H3,(H,25,26)/t16-/m0/s1. The molecular formula is C24H25NO5. The molecule has 0 aliphatic heterocycles. The van der Waals surface area contributed by atoms with Gasteiger partial charge in [0.1, 0.15) is 0 Å². The maximum atomic E-state index is 12.3. The Morgan fingerprint density at radius 3 is 2.53 bits per heavy atom. The van der Waals surface area contributed by atoms with E-state index in [0.717, 1.165) is 16.3 Å². The topological polar surface area (TPSA) is 73.9 Å². The number of hydrogen-bond acceptors (Lipinski definition) is 5. The molecule has 156 valence electrons. The van der Waals surface area contributed by atoms with Gasteiger partial charge in [-0.2, -0.15) is 0 Å². The average Bonchev–Trinajstić information content (AvgIpc) is 2.77. The molecule has 1 atom stereocenters. The minimum atomic E-state index is -0.605. The molecule has 3 aromatic rings. The molecule has 6 heteroatoms. The summed E-state index contributed by atoms with van der Waals surface area (Å²) < 4.78 is 15.8. The van der Waals surface area contributed by atoms with Crippen LogP contribution in [0.1, 0.15) is 35.8 Å². The maximum Gasteiger partial charge on any atom is 0.338 e. The monoisotopic (exact) mass is 407 g/mol. The zero-order chi connectivity index (χ0) is 21.5. The van der Waals surface area contributed by atoms with Gasteiger partial charge in [-0.1, -0.05) is 42.5 Å². The van der Waals surface area contributed by atoms with Crippen molar-refractivity contribution in [3.05, 3.63) is 71.8 Å². The van der Waals surface area contributed by atoms with Crippen molar-refractivity contribution in [2.24, 2.45) is 0 Å². The summed E-state index contributed by atoms with van der Waals surface area (Å²) in [5.41, 5.74) is 1.29. The third-order valence-corrected chi connectivity index (χ3v) is 4.70. The molecule has 3 aromatic carbocycles. The van der Waals surface area contributed by atoms with E-state index in [4.69, 9.17) is 14.2 Å². The fourth-order valence-corrected chi connectivity index (χ4v) is 3.28. The van der Waals surface area contributed by atoms with Gasteiger partial charge in [0.15, 0.2) is 18.1 Å². The molecule has 0 heterocycles. The number of fused-ring (bicyclic) bond motifs is 1. The van der Waals surface area contributed by atoms with Crippen molar-refractivity contribution in [2.45, 2.75) is 19.9 Å². The van der Waals surface area contributed by atoms with Gasteiger partial charge >= 0.3 is 5.97 Å². The highest BCUT2D eigenvalue weighted by atomic mass is 16.5. The van der Waals surface area contributed by atoms with Gasteiger partial charge in [-0.05, 0) is 48.4 Å². The molecule has 6 nitrogen and oxygen atoms in total. The number of carbonyl (C=O) groups is 2. The van der Waals surface area contributed by atoms with Crippen molar-refractivity contribution in [3.63, 3.8) is 0 Å². The molecule has 30 heavy (non-hydrogen) atoms. The first-order chi connectivity index (χ1) is 14.5. The lowest BCUT2D eigenvalue weighted by atomic mass is 10.00. The van der Waals surface area contributed by atoms with Crippen molar-refractivity contribution >= 4 is 22.6 Å². The molecule has 0 unspecified atom stereocenters. The second-order valence-electron chi connectivity index (χ2n) is 6.73. The van der Waals surface area contributed by atoms with Gasteiger partial charge in [0.05, 0.1) is 25.3 Å². The number of amides is 1. The zero-order valence-corrected chi connectivity index (χ0v) is 17.3. The maximum absolute atomic E-state index is 12.3. The van der Waals surface area contributed by atoms with Crippen LogP contribution < -0.4 is 14.8 Å². The van der Waals surface area contributed by atoms with Crippen LogP contribution in [0.15, 0.2) is 60.7 Å². The van der Waals surface area contributed by atoms with Crippen LogP contribution in [-0.4, -0.2) is 32.2 Å². The lowest BCUT2D eigenvalue weighted by molar-refractivity contribution is -0.124. The van der Waals surface area contributed by atoms with Crippen molar-refractivity contribution < 1.29 is 23.8 Å². The van der Waals surface area contributed by atoms with Gasteiger partial charge in [0, 0.05) is 0 Å². The van der Waals surface area contributed by atoms with Crippen molar-refractivity contribution in [3.8, 4) is 11.5 Å². The Morgan fingerprint density at radius 2 is 1.77 bits per heavy atom. The first kappa shape index (κ1) is 21.2. The number of nitrogens with one attached hydrogen (secondary N) is 1. The molecule has 0 saturated carbocycles. The summed E-state index contributed by atoms with van der Waals surface area (Å²) in [5, 5.41) is 5.06. The molecule has 0 spiro atoms. The van der Waals surface area contributed by atoms with Gasteiger partial charge < -0.3 is 19.5 Å². The molecule has 3 rings (SSSR count). The highest BCUT2D eigenvalue weighted by Gasteiger charge is 2.16. The first-order valence-electron chi connectivity index (χ1n) is 9.78. The molecule has 0 bridgehead atoms. The number of benzene rings is 3. The Labute approximate surface area is 175 Å². The van der Waals surface area contributed by atoms with Crippen LogP contribution in [-0.2, 0) is 9.53 Å². The van der Waals surface area contributed by atoms with Crippen molar-refractivity contribution in [2.75, 3.05) is 20.3 Å². The van der Waals surface area contributed by atoms with Gasteiger partial charge in [-0.15, -0.1) is 0 Å². The second-order valence-corrected chi connectivity index (χ2v) is 6.73. The Bertz CT molecular complexity index is 1040. The van der Waals surface area contributed by atoms with Crippen LogP contribution in [0.5, 0.6) is 11.5 Å². The largest absolute Gasteiger partial charge is 0.493 e. The van der Waals surface area contributed by atoms with E-state index >= 15 is 0 Å². The summed E-state index contributed by atoms with van der Waals surface area (Å²) in [6.07, 6.45) is 0. The Balaban J connectivity index is 1.61. The SMILES string of the molecule is CCOc1cc(C(=O)OCC(=O)N[C@@H](C)c2cccc3ccccc23)ccc1OC. The fraction of sp³-hybridized carbons (Fsp3) is 0.250. The van der Waals surface area contributed by atoms with Crippen LogP contribution in [0.2, 0.25) is 0 Å². The average molecular weight is 407 g/mol. The van der Waals surface area contributed by atoms with Crippen LogP contribution in [0.25, 0.3) is 10.8 Å². The number of ether oxygens (including phenoxy) is 3. The third-order valence-electron chi connectivity index (χ3n) is 4.70. The molecule has 1 amide bonds. The van der Waals surface area contributed by atoms with E-state index < -0.39 is 5.97 Å². The quantitative estimate of drug-likeness (QED) is 0.564. The number of rotatable bonds is 8. The van der Waals surface area contributed by atoms with Gasteiger partial charge in [-0.3, -0.25) is 4.79 Å². The highest BCUT2D eigenvalue weighted by Crippen LogP contribution is 2.28. The number of methoxy groups -OCH3 is 1. The summed E-state index contributed by atoms with van der Waals surface area (Å²) in [4.78, 5) is 24.7. The molecule has 0 aromatic heterocycles. The Morgan fingerprint density at radius 1 is 1.00 bits per heavy atom. The molecule has 0 aliphatic carbocycles. The van der Waals surface area contributed by atoms with E-state index in [1.807, 2.05) is 56.3 Å². The molecule has 1 N–H and O–H groups in total. The summed E-state index contributed by atoms with van der Waals surface area (Å²) in [6.45, 7) is 3.80. The Kier molecular flexibility index (Phi) is 6.91. The van der Waals surface area contributed by atoms with Gasteiger partial charge in [0.2, 0.25) is 0 Å². The van der Waals surface area contributed by atoms with E-state index in [9.17, 15) is 9.59 Å². The zero-order valence-electron chi connectivity index (χ0n) is 17.3. The predicted molar refractivity (Wildman–Crippen MR) is 115 cm³/mol.